The molecule has 1 aromatic carbocycles. The molecule has 0 atom stereocenters. The van der Waals surface area contributed by atoms with Crippen molar-refractivity contribution in [1.82, 2.24) is 10.3 Å². The van der Waals surface area contributed by atoms with E-state index in [0.717, 1.165) is 16.9 Å². The molecule has 0 unspecified atom stereocenters. The second-order valence-electron chi connectivity index (χ2n) is 5.55. The molecule has 7 nitrogen and oxygen atoms in total. The van der Waals surface area contributed by atoms with Crippen LogP contribution in [-0.2, 0) is 22.6 Å². The van der Waals surface area contributed by atoms with E-state index >= 15 is 0 Å². The van der Waals surface area contributed by atoms with Crippen molar-refractivity contribution >= 4 is 5.97 Å². The lowest BCUT2D eigenvalue weighted by Gasteiger charge is -2.02. The molecule has 0 N–H and O–H groups in total. The first-order chi connectivity index (χ1) is 12.1. The summed E-state index contributed by atoms with van der Waals surface area (Å²) in [7, 11) is 1.61. The molecule has 25 heavy (non-hydrogen) atoms. The minimum atomic E-state index is -0.378. The number of esters is 1. The van der Waals surface area contributed by atoms with Crippen molar-refractivity contribution in [1.29, 1.82) is 0 Å². The van der Waals surface area contributed by atoms with Gasteiger partial charge in [0.25, 0.3) is 0 Å². The van der Waals surface area contributed by atoms with E-state index in [1.165, 1.54) is 0 Å². The zero-order valence-corrected chi connectivity index (χ0v) is 14.2. The number of hydrogen-bond acceptors (Lipinski definition) is 7. The van der Waals surface area contributed by atoms with Crippen LogP contribution in [0.5, 0.6) is 5.75 Å². The van der Waals surface area contributed by atoms with E-state index in [-0.39, 0.29) is 19.0 Å². The van der Waals surface area contributed by atoms with Crippen LogP contribution in [-0.4, -0.2) is 23.4 Å². The Hall–Kier alpha value is -3.09. The van der Waals surface area contributed by atoms with Gasteiger partial charge in [0.2, 0.25) is 0 Å². The summed E-state index contributed by atoms with van der Waals surface area (Å²) >= 11 is 0. The predicted octanol–water partition coefficient (Wildman–Crippen LogP) is 3.24. The van der Waals surface area contributed by atoms with E-state index < -0.39 is 0 Å². The molecule has 3 rings (SSSR count). The number of methoxy groups -OCH3 is 1. The standard InChI is InChI=1S/C18H18N2O5/c1-11-16(12(2)24-19-11)9-18(21)23-10-15-8-17(20-25-15)13-4-6-14(22-3)7-5-13/h4-8H,9-10H2,1-3H3. The van der Waals surface area contributed by atoms with Gasteiger partial charge in [-0.2, -0.15) is 0 Å². The van der Waals surface area contributed by atoms with E-state index in [9.17, 15) is 4.79 Å². The SMILES string of the molecule is COc1ccc(-c2cc(COC(=O)Cc3c(C)noc3C)on2)cc1. The maximum absolute atomic E-state index is 12.0. The largest absolute Gasteiger partial charge is 0.497 e. The van der Waals surface area contributed by atoms with E-state index in [1.54, 1.807) is 27.0 Å². The number of carbonyl (C=O) groups excluding carboxylic acids is 1. The monoisotopic (exact) mass is 342 g/mol. The summed E-state index contributed by atoms with van der Waals surface area (Å²) in [5, 5.41) is 7.81. The Morgan fingerprint density at radius 1 is 1.12 bits per heavy atom. The highest BCUT2D eigenvalue weighted by molar-refractivity contribution is 5.73. The zero-order chi connectivity index (χ0) is 17.8. The second kappa shape index (κ2) is 7.21. The van der Waals surface area contributed by atoms with Crippen molar-refractivity contribution in [3.8, 4) is 17.0 Å². The summed E-state index contributed by atoms with van der Waals surface area (Å²) in [5.74, 6) is 1.48. The lowest BCUT2D eigenvalue weighted by molar-refractivity contribution is -0.144. The van der Waals surface area contributed by atoms with Crippen molar-refractivity contribution in [2.24, 2.45) is 0 Å². The molecular weight excluding hydrogens is 324 g/mol. The number of rotatable bonds is 6. The van der Waals surface area contributed by atoms with Crippen LogP contribution < -0.4 is 4.74 Å². The van der Waals surface area contributed by atoms with Gasteiger partial charge in [-0.15, -0.1) is 0 Å². The molecule has 3 aromatic rings. The maximum atomic E-state index is 12.0. The van der Waals surface area contributed by atoms with Gasteiger partial charge in [-0.25, -0.2) is 0 Å². The summed E-state index contributed by atoms with van der Waals surface area (Å²) < 4.78 is 20.6. The molecule has 0 saturated carbocycles. The van der Waals surface area contributed by atoms with Gasteiger partial charge in [0.05, 0.1) is 19.2 Å². The van der Waals surface area contributed by atoms with Gasteiger partial charge in [-0.3, -0.25) is 4.79 Å². The average molecular weight is 342 g/mol. The third kappa shape index (κ3) is 3.88. The van der Waals surface area contributed by atoms with Crippen LogP contribution in [0.2, 0.25) is 0 Å². The highest BCUT2D eigenvalue weighted by Crippen LogP contribution is 2.22. The van der Waals surface area contributed by atoms with Crippen LogP contribution >= 0.6 is 0 Å². The van der Waals surface area contributed by atoms with Crippen LogP contribution in [0.25, 0.3) is 11.3 Å². The molecule has 7 heteroatoms. The fourth-order valence-corrected chi connectivity index (χ4v) is 2.38. The first-order valence-corrected chi connectivity index (χ1v) is 7.74. The molecule has 0 fully saturated rings. The number of carbonyl (C=O) groups is 1. The second-order valence-corrected chi connectivity index (χ2v) is 5.55. The van der Waals surface area contributed by atoms with E-state index in [4.69, 9.17) is 18.5 Å². The summed E-state index contributed by atoms with van der Waals surface area (Å²) in [4.78, 5) is 12.0. The van der Waals surface area contributed by atoms with Crippen molar-refractivity contribution in [3.63, 3.8) is 0 Å². The maximum Gasteiger partial charge on any atom is 0.310 e. The van der Waals surface area contributed by atoms with Gasteiger partial charge in [0.1, 0.15) is 17.2 Å². The van der Waals surface area contributed by atoms with E-state index in [1.807, 2.05) is 24.3 Å². The fourth-order valence-electron chi connectivity index (χ4n) is 2.38. The van der Waals surface area contributed by atoms with Crippen LogP contribution in [0.3, 0.4) is 0 Å². The minimum absolute atomic E-state index is 0.0192. The van der Waals surface area contributed by atoms with Crippen LogP contribution in [0.1, 0.15) is 22.8 Å². The van der Waals surface area contributed by atoms with Gasteiger partial charge in [-0.1, -0.05) is 10.3 Å². The summed E-state index contributed by atoms with van der Waals surface area (Å²) in [6, 6.07) is 9.18. The average Bonchev–Trinajstić information content (AvgIpc) is 3.22. The summed E-state index contributed by atoms with van der Waals surface area (Å²) in [5.41, 5.74) is 3.00. The van der Waals surface area contributed by atoms with Crippen molar-refractivity contribution in [2.45, 2.75) is 26.9 Å². The molecule has 2 heterocycles. The van der Waals surface area contributed by atoms with Gasteiger partial charge in [0, 0.05) is 17.2 Å². The molecule has 0 radical (unpaired) electrons. The molecule has 0 spiro atoms. The molecular formula is C18H18N2O5. The third-order valence-corrected chi connectivity index (χ3v) is 3.82. The number of nitrogens with zero attached hydrogens (tertiary/aromatic N) is 2. The Morgan fingerprint density at radius 3 is 2.52 bits per heavy atom. The minimum Gasteiger partial charge on any atom is -0.497 e. The van der Waals surface area contributed by atoms with Crippen molar-refractivity contribution in [2.75, 3.05) is 7.11 Å². The highest BCUT2D eigenvalue weighted by atomic mass is 16.5. The molecule has 0 aliphatic heterocycles. The lowest BCUT2D eigenvalue weighted by Crippen LogP contribution is -2.08. The van der Waals surface area contributed by atoms with Gasteiger partial charge >= 0.3 is 5.97 Å². The Labute approximate surface area is 144 Å². The molecule has 0 aliphatic carbocycles. The van der Waals surface area contributed by atoms with Crippen molar-refractivity contribution in [3.05, 3.63) is 53.1 Å². The number of hydrogen-bond donors (Lipinski definition) is 0. The first-order valence-electron chi connectivity index (χ1n) is 7.74. The van der Waals surface area contributed by atoms with Gasteiger partial charge in [-0.05, 0) is 38.1 Å². The molecule has 0 aliphatic rings. The molecule has 0 bridgehead atoms. The van der Waals surface area contributed by atoms with Crippen LogP contribution in [0.15, 0.2) is 39.4 Å². The Bertz CT molecular complexity index is 844. The zero-order valence-electron chi connectivity index (χ0n) is 14.2. The number of aromatic nitrogens is 2. The number of benzene rings is 1. The van der Waals surface area contributed by atoms with Gasteiger partial charge < -0.3 is 18.5 Å². The first kappa shape index (κ1) is 16.8. The number of aryl methyl sites for hydroxylation is 2. The lowest BCUT2D eigenvalue weighted by atomic mass is 10.1. The normalized spacial score (nSPS) is 10.7. The molecule has 0 amide bonds. The van der Waals surface area contributed by atoms with Crippen molar-refractivity contribution < 1.29 is 23.3 Å². The number of ether oxygens (including phenoxy) is 2. The smallest absolute Gasteiger partial charge is 0.310 e. The Morgan fingerprint density at radius 2 is 1.88 bits per heavy atom. The summed E-state index contributed by atoms with van der Waals surface area (Å²) in [6.45, 7) is 3.57. The molecule has 2 aromatic heterocycles. The van der Waals surface area contributed by atoms with Crippen LogP contribution in [0.4, 0.5) is 0 Å². The summed E-state index contributed by atoms with van der Waals surface area (Å²) in [6.07, 6.45) is 0.112. The van der Waals surface area contributed by atoms with E-state index in [2.05, 4.69) is 10.3 Å². The molecule has 0 saturated heterocycles. The Balaban J connectivity index is 1.58. The fraction of sp³-hybridized carbons (Fsp3) is 0.278. The topological polar surface area (TPSA) is 87.6 Å². The van der Waals surface area contributed by atoms with Gasteiger partial charge in [0.15, 0.2) is 12.4 Å². The van der Waals surface area contributed by atoms with E-state index in [0.29, 0.717) is 22.9 Å². The highest BCUT2D eigenvalue weighted by Gasteiger charge is 2.15. The predicted molar refractivity (Wildman–Crippen MR) is 88.0 cm³/mol. The molecule has 130 valence electrons. The Kier molecular flexibility index (Phi) is 4.83. The van der Waals surface area contributed by atoms with Crippen LogP contribution in [0, 0.1) is 13.8 Å². The third-order valence-electron chi connectivity index (χ3n) is 3.82. The quantitative estimate of drug-likeness (QED) is 0.635.